The Morgan fingerprint density at radius 2 is 1.65 bits per heavy atom. The van der Waals surface area contributed by atoms with E-state index in [-0.39, 0.29) is 23.0 Å². The van der Waals surface area contributed by atoms with Crippen molar-refractivity contribution in [3.8, 4) is 11.3 Å². The van der Waals surface area contributed by atoms with E-state index in [4.69, 9.17) is 0 Å². The zero-order valence-electron chi connectivity index (χ0n) is 21.5. The molecular weight excluding hydrogens is 460 g/mol. The number of benzene rings is 2. The molecule has 2 amide bonds. The van der Waals surface area contributed by atoms with Gasteiger partial charge in [0.2, 0.25) is 0 Å². The predicted molar refractivity (Wildman–Crippen MR) is 145 cm³/mol. The monoisotopic (exact) mass is 496 g/mol. The number of urea groups is 1. The quantitative estimate of drug-likeness (QED) is 0.462. The summed E-state index contributed by atoms with van der Waals surface area (Å²) in [5.41, 5.74) is 3.01. The van der Waals surface area contributed by atoms with Gasteiger partial charge in [-0.3, -0.25) is 9.36 Å². The van der Waals surface area contributed by atoms with Crippen LogP contribution in [0.25, 0.3) is 11.3 Å². The molecule has 2 atom stereocenters. The lowest BCUT2D eigenvalue weighted by atomic mass is 9.69. The Labute approximate surface area is 218 Å². The maximum atomic E-state index is 13.8. The lowest BCUT2D eigenvalue weighted by Crippen LogP contribution is -2.54. The van der Waals surface area contributed by atoms with Gasteiger partial charge in [-0.05, 0) is 49.0 Å². The molecule has 3 aromatic rings. The van der Waals surface area contributed by atoms with Crippen molar-refractivity contribution in [3.63, 3.8) is 0 Å². The SMILES string of the molecule is O=C(N1CCC(Cn2cnc(-c3ccccc3)cc2=O)C2(CCCC2)C1)N1CCC[C@H]1c1ccccc1. The first-order chi connectivity index (χ1) is 18.1. The molecule has 0 bridgehead atoms. The van der Waals surface area contributed by atoms with Crippen LogP contribution in [0.1, 0.15) is 56.6 Å². The molecule has 1 spiro atoms. The third kappa shape index (κ3) is 4.70. The van der Waals surface area contributed by atoms with Crippen molar-refractivity contribution in [2.75, 3.05) is 19.6 Å². The number of likely N-dealkylation sites (tertiary alicyclic amines) is 2. The number of amides is 2. The Kier molecular flexibility index (Phi) is 6.58. The van der Waals surface area contributed by atoms with Crippen molar-refractivity contribution in [2.24, 2.45) is 11.3 Å². The van der Waals surface area contributed by atoms with Crippen LogP contribution in [0.3, 0.4) is 0 Å². The summed E-state index contributed by atoms with van der Waals surface area (Å²) in [6.07, 6.45) is 9.42. The second-order valence-electron chi connectivity index (χ2n) is 11.2. The van der Waals surface area contributed by atoms with Crippen LogP contribution >= 0.6 is 0 Å². The normalized spacial score (nSPS) is 23.0. The Morgan fingerprint density at radius 1 is 0.919 bits per heavy atom. The Morgan fingerprint density at radius 3 is 2.38 bits per heavy atom. The van der Waals surface area contributed by atoms with Crippen LogP contribution < -0.4 is 5.56 Å². The first-order valence-electron chi connectivity index (χ1n) is 13.9. The highest BCUT2D eigenvalue weighted by Crippen LogP contribution is 2.49. The van der Waals surface area contributed by atoms with E-state index in [2.05, 4.69) is 39.0 Å². The van der Waals surface area contributed by atoms with Crippen LogP contribution in [0.4, 0.5) is 4.79 Å². The molecule has 6 rings (SSSR count). The van der Waals surface area contributed by atoms with Gasteiger partial charge in [0.25, 0.3) is 5.56 Å². The summed E-state index contributed by atoms with van der Waals surface area (Å²) in [6.45, 7) is 3.08. The van der Waals surface area contributed by atoms with Crippen molar-refractivity contribution >= 4 is 6.03 Å². The number of piperidine rings is 1. The summed E-state index contributed by atoms with van der Waals surface area (Å²) < 4.78 is 1.79. The fourth-order valence-corrected chi connectivity index (χ4v) is 7.07. The standard InChI is InChI=1S/C31H36N4O2/c36-29-20-27(24-10-3-1-4-11-24)32-23-34(29)21-26-15-19-33(22-31(26)16-7-8-17-31)30(37)35-18-9-14-28(35)25-12-5-2-6-13-25/h1-6,10-13,20,23,26,28H,7-9,14-19,21-22H2/t26?,28-/m0/s1. The van der Waals surface area contributed by atoms with Gasteiger partial charge in [0, 0.05) is 37.8 Å². The molecule has 6 nitrogen and oxygen atoms in total. The van der Waals surface area contributed by atoms with E-state index in [0.717, 1.165) is 63.0 Å². The van der Waals surface area contributed by atoms with Gasteiger partial charge in [0.1, 0.15) is 0 Å². The first-order valence-corrected chi connectivity index (χ1v) is 13.9. The van der Waals surface area contributed by atoms with Gasteiger partial charge in [-0.25, -0.2) is 9.78 Å². The molecule has 1 unspecified atom stereocenters. The minimum absolute atomic E-state index is 0.00303. The Bertz CT molecular complexity index is 1280. The smallest absolute Gasteiger partial charge is 0.320 e. The highest BCUT2D eigenvalue weighted by atomic mass is 16.2. The maximum absolute atomic E-state index is 13.8. The highest BCUT2D eigenvalue weighted by Gasteiger charge is 2.47. The number of hydrogen-bond acceptors (Lipinski definition) is 3. The summed E-state index contributed by atoms with van der Waals surface area (Å²) >= 11 is 0. The fraction of sp³-hybridized carbons (Fsp3) is 0.452. The van der Waals surface area contributed by atoms with Crippen molar-refractivity contribution in [1.82, 2.24) is 19.4 Å². The average molecular weight is 497 g/mol. The van der Waals surface area contributed by atoms with Crippen LogP contribution in [0.5, 0.6) is 0 Å². The Balaban J connectivity index is 1.18. The predicted octanol–water partition coefficient (Wildman–Crippen LogP) is 5.75. The van der Waals surface area contributed by atoms with Crippen LogP contribution in [-0.4, -0.2) is 45.0 Å². The summed E-state index contributed by atoms with van der Waals surface area (Å²) in [6, 6.07) is 22.4. The van der Waals surface area contributed by atoms with Crippen molar-refractivity contribution in [3.05, 3.63) is 89.0 Å². The zero-order valence-corrected chi connectivity index (χ0v) is 21.5. The van der Waals surface area contributed by atoms with Crippen molar-refractivity contribution < 1.29 is 4.79 Å². The molecule has 1 saturated carbocycles. The minimum Gasteiger partial charge on any atom is -0.324 e. The van der Waals surface area contributed by atoms with E-state index in [1.807, 2.05) is 36.4 Å². The molecule has 0 radical (unpaired) electrons. The summed E-state index contributed by atoms with van der Waals surface area (Å²) in [5.74, 6) is 0.379. The number of rotatable bonds is 4. The molecule has 3 heterocycles. The molecule has 1 aromatic heterocycles. The first kappa shape index (κ1) is 24.0. The molecule has 192 valence electrons. The molecule has 2 aliphatic heterocycles. The van der Waals surface area contributed by atoms with Crippen LogP contribution in [0.2, 0.25) is 0 Å². The van der Waals surface area contributed by atoms with Gasteiger partial charge in [-0.1, -0.05) is 73.5 Å². The van der Waals surface area contributed by atoms with E-state index < -0.39 is 0 Å². The molecule has 37 heavy (non-hydrogen) atoms. The molecule has 0 N–H and O–H groups in total. The third-order valence-electron chi connectivity index (χ3n) is 9.04. The van der Waals surface area contributed by atoms with Gasteiger partial charge in [-0.15, -0.1) is 0 Å². The Hall–Kier alpha value is -3.41. The average Bonchev–Trinajstić information content (AvgIpc) is 3.62. The van der Waals surface area contributed by atoms with E-state index >= 15 is 0 Å². The van der Waals surface area contributed by atoms with Crippen molar-refractivity contribution in [2.45, 2.75) is 57.5 Å². The van der Waals surface area contributed by atoms with Gasteiger partial charge >= 0.3 is 6.03 Å². The van der Waals surface area contributed by atoms with Gasteiger partial charge in [-0.2, -0.15) is 0 Å². The lowest BCUT2D eigenvalue weighted by Gasteiger charge is -2.48. The van der Waals surface area contributed by atoms with E-state index in [9.17, 15) is 9.59 Å². The molecular formula is C31H36N4O2. The summed E-state index contributed by atoms with van der Waals surface area (Å²) in [4.78, 5) is 35.7. The maximum Gasteiger partial charge on any atom is 0.320 e. The topological polar surface area (TPSA) is 58.4 Å². The molecule has 6 heteroatoms. The van der Waals surface area contributed by atoms with Gasteiger partial charge in [0.15, 0.2) is 0 Å². The second-order valence-corrected chi connectivity index (χ2v) is 11.2. The van der Waals surface area contributed by atoms with Gasteiger partial charge in [0.05, 0.1) is 18.1 Å². The molecule has 3 aliphatic rings. The molecule has 2 saturated heterocycles. The number of aromatic nitrogens is 2. The zero-order chi connectivity index (χ0) is 25.2. The largest absolute Gasteiger partial charge is 0.324 e. The van der Waals surface area contributed by atoms with Gasteiger partial charge < -0.3 is 9.80 Å². The number of hydrogen-bond donors (Lipinski definition) is 0. The summed E-state index contributed by atoms with van der Waals surface area (Å²) in [7, 11) is 0. The molecule has 1 aliphatic carbocycles. The summed E-state index contributed by atoms with van der Waals surface area (Å²) in [5, 5.41) is 0. The van der Waals surface area contributed by atoms with Crippen LogP contribution in [-0.2, 0) is 6.54 Å². The number of carbonyl (C=O) groups excluding carboxylic acids is 1. The van der Waals surface area contributed by atoms with Crippen LogP contribution in [0.15, 0.2) is 77.9 Å². The van der Waals surface area contributed by atoms with E-state index in [1.165, 1.54) is 18.4 Å². The minimum atomic E-state index is 0.00303. The number of carbonyl (C=O) groups is 1. The number of nitrogens with zero attached hydrogens (tertiary/aromatic N) is 4. The van der Waals surface area contributed by atoms with Crippen LogP contribution in [0, 0.1) is 11.3 Å². The second kappa shape index (κ2) is 10.2. The third-order valence-corrected chi connectivity index (χ3v) is 9.04. The van der Waals surface area contributed by atoms with E-state index in [1.54, 1.807) is 17.0 Å². The van der Waals surface area contributed by atoms with Crippen molar-refractivity contribution in [1.29, 1.82) is 0 Å². The highest BCUT2D eigenvalue weighted by molar-refractivity contribution is 5.75. The fourth-order valence-electron chi connectivity index (χ4n) is 7.07. The van der Waals surface area contributed by atoms with E-state index in [0.29, 0.717) is 12.5 Å². The lowest BCUT2D eigenvalue weighted by molar-refractivity contribution is 0.0282. The molecule has 3 fully saturated rings. The molecule has 2 aromatic carbocycles.